The van der Waals surface area contributed by atoms with Crippen molar-refractivity contribution < 1.29 is 23.6 Å². The van der Waals surface area contributed by atoms with Gasteiger partial charge in [-0.1, -0.05) is 73.9 Å². The van der Waals surface area contributed by atoms with Crippen LogP contribution in [-0.4, -0.2) is 23.6 Å². The molecule has 1 atom stereocenters. The highest BCUT2D eigenvalue weighted by molar-refractivity contribution is 6.21. The Morgan fingerprint density at radius 1 is 0.780 bits per heavy atom. The van der Waals surface area contributed by atoms with Crippen molar-refractivity contribution in [1.29, 1.82) is 0 Å². The maximum atomic E-state index is 14.4. The molecule has 260 valence electrons. The monoisotopic (exact) mass is 697 g/mol. The molecule has 0 spiro atoms. The lowest BCUT2D eigenvalue weighted by Crippen LogP contribution is -2.43. The number of hydrogen-bond acceptors (Lipinski definition) is 5. The van der Waals surface area contributed by atoms with Crippen LogP contribution >= 0.6 is 12.4 Å². The van der Waals surface area contributed by atoms with Crippen LogP contribution in [0.4, 0.5) is 27.1 Å². The molecule has 0 radical (unpaired) electrons. The summed E-state index contributed by atoms with van der Waals surface area (Å²) in [7, 11) is 0. The number of fused-ring (bicyclic) bond motifs is 1. The molecule has 2 aliphatic rings. The van der Waals surface area contributed by atoms with Crippen LogP contribution < -0.4 is 26.2 Å². The van der Waals surface area contributed by atoms with E-state index in [9.17, 15) is 23.6 Å². The largest absolute Gasteiger partial charge is 0.352 e. The Morgan fingerprint density at radius 3 is 2.10 bits per heavy atom. The number of carbonyl (C=O) groups excluding carboxylic acids is 4. The first kappa shape index (κ1) is 36.2. The molecule has 4 aromatic rings. The van der Waals surface area contributed by atoms with E-state index in [1.54, 1.807) is 54.6 Å². The van der Waals surface area contributed by atoms with Crippen molar-refractivity contribution in [3.05, 3.63) is 120 Å². The van der Waals surface area contributed by atoms with Crippen molar-refractivity contribution in [2.75, 3.05) is 15.1 Å². The van der Waals surface area contributed by atoms with Crippen LogP contribution in [0.15, 0.2) is 97.1 Å². The van der Waals surface area contributed by atoms with Gasteiger partial charge in [-0.15, -0.1) is 12.4 Å². The van der Waals surface area contributed by atoms with Gasteiger partial charge in [0.15, 0.2) is 0 Å². The molecular formula is C39H41ClFN5O4. The van der Waals surface area contributed by atoms with Gasteiger partial charge >= 0.3 is 0 Å². The average molecular weight is 698 g/mol. The van der Waals surface area contributed by atoms with E-state index in [1.165, 1.54) is 22.3 Å². The second-order valence-electron chi connectivity index (χ2n) is 12.6. The fraction of sp³-hybridized carbons (Fsp3) is 0.282. The topological polar surface area (TPSA) is 125 Å². The third-order valence-corrected chi connectivity index (χ3v) is 9.29. The summed E-state index contributed by atoms with van der Waals surface area (Å²) < 4.78 is 14.3. The van der Waals surface area contributed by atoms with Gasteiger partial charge in [0.1, 0.15) is 11.7 Å². The van der Waals surface area contributed by atoms with Crippen LogP contribution in [0.1, 0.15) is 55.2 Å². The number of nitrogens with one attached hydrogen (secondary N) is 2. The lowest BCUT2D eigenvalue weighted by Gasteiger charge is -2.26. The second kappa shape index (κ2) is 16.6. The molecule has 1 fully saturated rings. The van der Waals surface area contributed by atoms with E-state index in [0.717, 1.165) is 36.8 Å². The lowest BCUT2D eigenvalue weighted by molar-refractivity contribution is -0.136. The molecule has 4 aromatic carbocycles. The molecule has 1 aliphatic heterocycles. The zero-order chi connectivity index (χ0) is 34.3. The Bertz CT molecular complexity index is 1830. The molecular weight excluding hydrogens is 657 g/mol. The summed E-state index contributed by atoms with van der Waals surface area (Å²) in [5.41, 5.74) is 9.96. The van der Waals surface area contributed by atoms with Crippen LogP contribution in [-0.2, 0) is 38.8 Å². The van der Waals surface area contributed by atoms with Crippen molar-refractivity contribution >= 4 is 58.8 Å². The standard InChI is InChI=1S/C39H40FN5O4.ClH/c40-33-11-5-4-10-29(33)24-42-36(46)22-32-38(48)44(25-27-14-18-30(19-15-27)43-37(47)28-8-2-1-3-9-28)34-12-6-7-13-35(34)45(39(32)49)31-20-16-26(23-41)17-21-31;/h4-7,10-21,28,32H,1-3,8-9,22-25,41H2,(H,42,46)(H,43,47);1H. The van der Waals surface area contributed by atoms with Crippen LogP contribution in [0.3, 0.4) is 0 Å². The van der Waals surface area contributed by atoms with Gasteiger partial charge in [-0.25, -0.2) is 4.39 Å². The molecule has 4 N–H and O–H groups in total. The van der Waals surface area contributed by atoms with Crippen molar-refractivity contribution in [3.8, 4) is 0 Å². The van der Waals surface area contributed by atoms with E-state index in [2.05, 4.69) is 10.6 Å². The van der Waals surface area contributed by atoms with E-state index >= 15 is 0 Å². The van der Waals surface area contributed by atoms with Crippen LogP contribution in [0.2, 0.25) is 0 Å². The molecule has 11 heteroatoms. The molecule has 0 aromatic heterocycles. The van der Waals surface area contributed by atoms with Crippen LogP contribution in [0.25, 0.3) is 0 Å². The number of hydrogen-bond donors (Lipinski definition) is 3. The summed E-state index contributed by atoms with van der Waals surface area (Å²) in [6, 6.07) is 27.7. The molecule has 1 heterocycles. The molecule has 4 amide bonds. The van der Waals surface area contributed by atoms with Gasteiger partial charge in [0.2, 0.25) is 23.6 Å². The average Bonchev–Trinajstić information content (AvgIpc) is 3.21. The normalized spacial score (nSPS) is 16.2. The number of carbonyl (C=O) groups is 4. The first-order valence-corrected chi connectivity index (χ1v) is 16.8. The fourth-order valence-corrected chi connectivity index (χ4v) is 6.53. The van der Waals surface area contributed by atoms with E-state index in [1.807, 2.05) is 36.4 Å². The Balaban J connectivity index is 0.00000486. The van der Waals surface area contributed by atoms with Crippen molar-refractivity contribution in [2.24, 2.45) is 17.6 Å². The minimum atomic E-state index is -1.36. The Labute approximate surface area is 297 Å². The Hall–Kier alpha value is -5.06. The zero-order valence-electron chi connectivity index (χ0n) is 27.6. The Kier molecular flexibility index (Phi) is 12.0. The van der Waals surface area contributed by atoms with Gasteiger partial charge in [-0.2, -0.15) is 0 Å². The van der Waals surface area contributed by atoms with Gasteiger partial charge in [0.25, 0.3) is 0 Å². The lowest BCUT2D eigenvalue weighted by atomic mass is 9.88. The summed E-state index contributed by atoms with van der Waals surface area (Å²) in [5.74, 6) is -3.42. The number of nitrogens with zero attached hydrogens (tertiary/aromatic N) is 2. The molecule has 0 bridgehead atoms. The number of benzene rings is 4. The minimum Gasteiger partial charge on any atom is -0.352 e. The Morgan fingerprint density at radius 2 is 1.42 bits per heavy atom. The van der Waals surface area contributed by atoms with Gasteiger partial charge in [-0.3, -0.25) is 24.1 Å². The van der Waals surface area contributed by atoms with Gasteiger partial charge in [0.05, 0.1) is 17.9 Å². The predicted octanol–water partition coefficient (Wildman–Crippen LogP) is 6.76. The number of amides is 4. The molecule has 1 unspecified atom stereocenters. The minimum absolute atomic E-state index is 0. The molecule has 9 nitrogen and oxygen atoms in total. The van der Waals surface area contributed by atoms with Crippen LogP contribution in [0.5, 0.6) is 0 Å². The highest BCUT2D eigenvalue weighted by Gasteiger charge is 2.42. The molecule has 50 heavy (non-hydrogen) atoms. The van der Waals surface area contributed by atoms with Crippen molar-refractivity contribution in [2.45, 2.75) is 58.2 Å². The smallest absolute Gasteiger partial charge is 0.244 e. The van der Waals surface area contributed by atoms with Crippen LogP contribution in [0, 0.1) is 17.7 Å². The van der Waals surface area contributed by atoms with E-state index in [4.69, 9.17) is 5.73 Å². The van der Waals surface area contributed by atoms with Crippen molar-refractivity contribution in [1.82, 2.24) is 5.32 Å². The van der Waals surface area contributed by atoms with Gasteiger partial charge in [-0.05, 0) is 66.4 Å². The maximum absolute atomic E-state index is 14.4. The molecule has 1 aliphatic carbocycles. The maximum Gasteiger partial charge on any atom is 0.244 e. The molecule has 0 saturated heterocycles. The highest BCUT2D eigenvalue weighted by atomic mass is 35.5. The summed E-state index contributed by atoms with van der Waals surface area (Å²) in [4.78, 5) is 57.9. The number of para-hydroxylation sites is 2. The molecule has 1 saturated carbocycles. The van der Waals surface area contributed by atoms with E-state index < -0.39 is 35.9 Å². The molecule has 6 rings (SSSR count). The van der Waals surface area contributed by atoms with Gasteiger partial charge < -0.3 is 21.3 Å². The predicted molar refractivity (Wildman–Crippen MR) is 194 cm³/mol. The van der Waals surface area contributed by atoms with E-state index in [0.29, 0.717) is 34.9 Å². The highest BCUT2D eigenvalue weighted by Crippen LogP contribution is 2.40. The fourth-order valence-electron chi connectivity index (χ4n) is 6.53. The summed E-state index contributed by atoms with van der Waals surface area (Å²) in [6.07, 6.45) is 4.66. The summed E-state index contributed by atoms with van der Waals surface area (Å²) >= 11 is 0. The number of rotatable bonds is 10. The third kappa shape index (κ3) is 8.21. The van der Waals surface area contributed by atoms with Crippen molar-refractivity contribution in [3.63, 3.8) is 0 Å². The quantitative estimate of drug-likeness (QED) is 0.158. The first-order valence-electron chi connectivity index (χ1n) is 16.8. The van der Waals surface area contributed by atoms with E-state index in [-0.39, 0.29) is 37.3 Å². The second-order valence-corrected chi connectivity index (χ2v) is 12.6. The SMILES string of the molecule is Cl.NCc1ccc(N2C(=O)C(CC(=O)NCc3ccccc3F)C(=O)N(Cc3ccc(NC(=O)C4CCCCC4)cc3)c3ccccc32)cc1. The summed E-state index contributed by atoms with van der Waals surface area (Å²) in [6.45, 7) is 0.358. The first-order chi connectivity index (χ1) is 23.8. The number of nitrogens with two attached hydrogens (primary N) is 1. The zero-order valence-corrected chi connectivity index (χ0v) is 28.5. The number of anilines is 4. The number of halogens is 2. The third-order valence-electron chi connectivity index (χ3n) is 9.29. The van der Waals surface area contributed by atoms with Gasteiger partial charge in [0, 0.05) is 42.4 Å². The summed E-state index contributed by atoms with van der Waals surface area (Å²) in [5, 5.41) is 5.70.